The van der Waals surface area contributed by atoms with E-state index in [4.69, 9.17) is 18.9 Å². The van der Waals surface area contributed by atoms with Crippen molar-refractivity contribution in [3.63, 3.8) is 0 Å². The zero-order chi connectivity index (χ0) is 42.6. The molecular formula is C46H26F4O9S2. The molecule has 6 aromatic rings. The Morgan fingerprint density at radius 1 is 0.656 bits per heavy atom. The number of thiophene rings is 2. The molecule has 2 aliphatic heterocycles. The summed E-state index contributed by atoms with van der Waals surface area (Å²) in [6.07, 6.45) is 2.62. The summed E-state index contributed by atoms with van der Waals surface area (Å²) in [6, 6.07) is 23.1. The van der Waals surface area contributed by atoms with E-state index in [0.29, 0.717) is 33.0 Å². The van der Waals surface area contributed by atoms with Crippen LogP contribution < -0.4 is 4.74 Å². The average molecular weight is 863 g/mol. The van der Waals surface area contributed by atoms with E-state index in [1.165, 1.54) is 24.3 Å². The second-order valence-electron chi connectivity index (χ2n) is 14.1. The molecule has 0 saturated heterocycles. The summed E-state index contributed by atoms with van der Waals surface area (Å²) in [7, 11) is 0. The van der Waals surface area contributed by atoms with Gasteiger partial charge in [-0.15, -0.1) is 22.7 Å². The van der Waals surface area contributed by atoms with Crippen LogP contribution >= 0.6 is 22.7 Å². The van der Waals surface area contributed by atoms with Crippen molar-refractivity contribution in [2.45, 2.75) is 25.4 Å². The van der Waals surface area contributed by atoms with Crippen molar-refractivity contribution in [1.29, 1.82) is 0 Å². The molecule has 9 rings (SSSR count). The van der Waals surface area contributed by atoms with Gasteiger partial charge in [-0.2, -0.15) is 0 Å². The zero-order valence-corrected chi connectivity index (χ0v) is 32.9. The fourth-order valence-electron chi connectivity index (χ4n) is 7.29. The predicted molar refractivity (Wildman–Crippen MR) is 215 cm³/mol. The highest BCUT2D eigenvalue weighted by molar-refractivity contribution is 7.23. The number of Topliss-reactive ketones (excluding diaryl/α,β-unsaturated/α-hetero) is 3. The topological polar surface area (TPSA) is 122 Å². The second-order valence-corrected chi connectivity index (χ2v) is 16.2. The van der Waals surface area contributed by atoms with E-state index in [9.17, 15) is 41.5 Å². The lowest BCUT2D eigenvalue weighted by Crippen LogP contribution is -2.52. The van der Waals surface area contributed by atoms with Crippen LogP contribution in [0.25, 0.3) is 33.1 Å². The van der Waals surface area contributed by atoms with E-state index in [2.05, 4.69) is 0 Å². The van der Waals surface area contributed by atoms with Crippen LogP contribution in [0.2, 0.25) is 0 Å². The molecular weight excluding hydrogens is 837 g/mol. The fourth-order valence-corrected chi connectivity index (χ4v) is 9.62. The average Bonchev–Trinajstić information content (AvgIpc) is 3.89. The molecule has 0 N–H and O–H groups in total. The number of allylic oxidation sites excluding steroid dienone is 1. The maximum Gasteiger partial charge on any atom is 0.367 e. The maximum atomic E-state index is 15.0. The van der Waals surface area contributed by atoms with Crippen molar-refractivity contribution in [2.24, 2.45) is 0 Å². The van der Waals surface area contributed by atoms with Crippen LogP contribution in [0, 0.1) is 23.3 Å². The zero-order valence-electron chi connectivity index (χ0n) is 31.2. The summed E-state index contributed by atoms with van der Waals surface area (Å²) in [5.41, 5.74) is -2.91. The van der Waals surface area contributed by atoms with Gasteiger partial charge in [-0.3, -0.25) is 14.4 Å². The first-order valence-corrected chi connectivity index (χ1v) is 20.1. The summed E-state index contributed by atoms with van der Waals surface area (Å²) >= 11 is 1.99. The van der Waals surface area contributed by atoms with Gasteiger partial charge >= 0.3 is 17.5 Å². The molecule has 15 heteroatoms. The molecule has 0 fully saturated rings. The van der Waals surface area contributed by atoms with E-state index < -0.39 is 70.3 Å². The normalized spacial score (nSPS) is 16.4. The Bertz CT molecular complexity index is 2860. The van der Waals surface area contributed by atoms with Crippen molar-refractivity contribution in [1.82, 2.24) is 0 Å². The molecule has 0 amide bonds. The van der Waals surface area contributed by atoms with Gasteiger partial charge in [0, 0.05) is 49.7 Å². The number of ketones is 3. The number of hydrogen-bond donors (Lipinski definition) is 0. The lowest BCUT2D eigenvalue weighted by molar-refractivity contribution is -0.183. The van der Waals surface area contributed by atoms with Gasteiger partial charge in [0.25, 0.3) is 0 Å². The fraction of sp³-hybridized carbons (Fsp3) is 0.109. The van der Waals surface area contributed by atoms with Gasteiger partial charge in [-0.1, -0.05) is 60.7 Å². The summed E-state index contributed by atoms with van der Waals surface area (Å²) in [5.74, 6) is -9.31. The van der Waals surface area contributed by atoms with E-state index in [1.807, 2.05) is 0 Å². The summed E-state index contributed by atoms with van der Waals surface area (Å²) in [5, 5.41) is 0. The van der Waals surface area contributed by atoms with E-state index in [-0.39, 0.29) is 68.7 Å². The Kier molecular flexibility index (Phi) is 10.2. The van der Waals surface area contributed by atoms with Gasteiger partial charge in [-0.05, 0) is 53.1 Å². The molecule has 304 valence electrons. The Morgan fingerprint density at radius 3 is 1.89 bits per heavy atom. The SMILES string of the molecule is O=C1COCc2c(F)cc(F)cc2/C1=C/c1cc2c(s1)-c1sc(/C=C3\C(=O)C(=O)c4c(F)cc(F)cc43)cc1C(C(=O)OCc1ccccc1)(C(=O)OCc1ccccc1)O2. The predicted octanol–water partition coefficient (Wildman–Crippen LogP) is 9.05. The van der Waals surface area contributed by atoms with Gasteiger partial charge in [0.15, 0.2) is 5.78 Å². The first-order chi connectivity index (χ1) is 29.4. The van der Waals surface area contributed by atoms with Crippen molar-refractivity contribution < 1.29 is 60.5 Å². The number of carbonyl (C=O) groups is 5. The standard InChI is InChI=1S/C46H26F4O9S2/c47-25-11-29-30(37(51)22-56-21-33(29)35(49)13-25)15-28-18-38-43(61-28)42-34(17-27(60-42)16-32-31-12-26(48)14-36(50)39(31)41(53)40(32)52)46(59-38,44(54)57-19-23-7-3-1-4-8-23)45(55)58-20-24-9-5-2-6-10-24/h1-18H,19-22H2/b30-15-,32-16-. The molecule has 61 heavy (non-hydrogen) atoms. The number of rotatable bonds is 8. The highest BCUT2D eigenvalue weighted by atomic mass is 32.1. The minimum Gasteiger partial charge on any atom is -0.458 e. The van der Waals surface area contributed by atoms with Gasteiger partial charge in [0.05, 0.1) is 21.9 Å². The van der Waals surface area contributed by atoms with E-state index >= 15 is 0 Å². The quantitative estimate of drug-likeness (QED) is 0.0485. The number of carbonyl (C=O) groups excluding carboxylic acids is 5. The van der Waals surface area contributed by atoms with Crippen LogP contribution in [-0.2, 0) is 58.8 Å². The third-order valence-corrected chi connectivity index (χ3v) is 12.5. The molecule has 0 spiro atoms. The molecule has 0 unspecified atom stereocenters. The maximum absolute atomic E-state index is 15.0. The number of esters is 2. The molecule has 0 atom stereocenters. The van der Waals surface area contributed by atoms with Gasteiger partial charge in [0.1, 0.15) is 48.8 Å². The lowest BCUT2D eigenvalue weighted by atomic mass is 9.90. The van der Waals surface area contributed by atoms with E-state index in [0.717, 1.165) is 34.8 Å². The Labute approximate surface area is 351 Å². The van der Waals surface area contributed by atoms with Crippen LogP contribution in [0.4, 0.5) is 17.6 Å². The summed E-state index contributed by atoms with van der Waals surface area (Å²) in [6.45, 7) is -1.30. The molecule has 9 nitrogen and oxygen atoms in total. The van der Waals surface area contributed by atoms with Crippen molar-refractivity contribution in [3.8, 4) is 15.5 Å². The number of halogens is 4. The third-order valence-electron chi connectivity index (χ3n) is 10.1. The largest absolute Gasteiger partial charge is 0.458 e. The smallest absolute Gasteiger partial charge is 0.367 e. The first kappa shape index (κ1) is 39.6. The Morgan fingerprint density at radius 2 is 1.23 bits per heavy atom. The molecule has 0 bridgehead atoms. The molecule has 4 aromatic carbocycles. The number of benzene rings is 4. The van der Waals surface area contributed by atoms with Crippen molar-refractivity contribution in [3.05, 3.63) is 169 Å². The molecule has 0 radical (unpaired) electrons. The first-order valence-electron chi connectivity index (χ1n) is 18.4. The highest BCUT2D eigenvalue weighted by Gasteiger charge is 2.59. The molecule has 0 saturated carbocycles. The number of hydrogen-bond acceptors (Lipinski definition) is 11. The van der Waals surface area contributed by atoms with E-state index in [1.54, 1.807) is 60.7 Å². The summed E-state index contributed by atoms with van der Waals surface area (Å²) in [4.78, 5) is 69.8. The molecule has 1 aliphatic carbocycles. The van der Waals surface area contributed by atoms with Crippen molar-refractivity contribution >= 4 is 75.3 Å². The molecule has 2 aromatic heterocycles. The number of fused-ring (bicyclic) bond motifs is 5. The van der Waals surface area contributed by atoms with Crippen LogP contribution in [0.1, 0.15) is 53.5 Å². The molecule has 4 heterocycles. The second kappa shape index (κ2) is 15.7. The Balaban J connectivity index is 1.22. The minimum absolute atomic E-state index is 0.0229. The number of ether oxygens (including phenoxy) is 4. The van der Waals surface area contributed by atoms with Gasteiger partial charge in [0.2, 0.25) is 11.6 Å². The minimum atomic E-state index is -2.67. The monoisotopic (exact) mass is 862 g/mol. The lowest BCUT2D eigenvalue weighted by Gasteiger charge is -2.33. The molecule has 3 aliphatic rings. The van der Waals surface area contributed by atoms with Crippen LogP contribution in [0.5, 0.6) is 5.75 Å². The van der Waals surface area contributed by atoms with Gasteiger partial charge in [-0.25, -0.2) is 27.2 Å². The highest BCUT2D eigenvalue weighted by Crippen LogP contribution is 2.55. The van der Waals surface area contributed by atoms with Crippen LogP contribution in [0.3, 0.4) is 0 Å². The summed E-state index contributed by atoms with van der Waals surface area (Å²) < 4.78 is 82.2. The van der Waals surface area contributed by atoms with Gasteiger partial charge < -0.3 is 18.9 Å². The van der Waals surface area contributed by atoms with Crippen LogP contribution in [-0.4, -0.2) is 35.9 Å². The third kappa shape index (κ3) is 7.09. The van der Waals surface area contributed by atoms with Crippen molar-refractivity contribution in [2.75, 3.05) is 6.61 Å². The Hall–Kier alpha value is -6.81. The van der Waals surface area contributed by atoms with Crippen LogP contribution in [0.15, 0.2) is 97.1 Å².